The zero-order valence-corrected chi connectivity index (χ0v) is 16.7. The summed E-state index contributed by atoms with van der Waals surface area (Å²) in [7, 11) is 0. The van der Waals surface area contributed by atoms with Crippen LogP contribution in [0.5, 0.6) is 0 Å². The molecule has 1 saturated heterocycles. The van der Waals surface area contributed by atoms with E-state index < -0.39 is 24.0 Å². The van der Waals surface area contributed by atoms with Crippen LogP contribution >= 0.6 is 0 Å². The van der Waals surface area contributed by atoms with Crippen molar-refractivity contribution in [1.29, 1.82) is 0 Å². The van der Waals surface area contributed by atoms with E-state index in [0.29, 0.717) is 19.4 Å². The van der Waals surface area contributed by atoms with Gasteiger partial charge in [0.15, 0.2) is 0 Å². The molecule has 3 rings (SSSR count). The number of carbonyl (C=O) groups is 3. The molecule has 0 aromatic heterocycles. The molecule has 1 fully saturated rings. The lowest BCUT2D eigenvalue weighted by Crippen LogP contribution is -2.46. The molecule has 7 nitrogen and oxygen atoms in total. The van der Waals surface area contributed by atoms with Crippen molar-refractivity contribution >= 4 is 17.8 Å². The molecule has 2 atom stereocenters. The van der Waals surface area contributed by atoms with Gasteiger partial charge in [-0.3, -0.25) is 19.3 Å². The van der Waals surface area contributed by atoms with Gasteiger partial charge in [0.2, 0.25) is 5.91 Å². The number of carboxylic acids is 2. The summed E-state index contributed by atoms with van der Waals surface area (Å²) in [6.45, 7) is 0.509. The standard InChI is InChI=1S/C23H26N2O5/c26-21(15-25-12-4-7-20(25)23(29)30)24-19(14-22(27)28)13-16-8-10-18(11-9-16)17-5-2-1-3-6-17/h1-3,5-6,8-11,19-20H,4,7,12-15H2,(H,24,26)(H,27,28)(H,29,30)/t19-,20+/m1/s1. The molecule has 3 N–H and O–H groups in total. The van der Waals surface area contributed by atoms with Gasteiger partial charge < -0.3 is 15.5 Å². The van der Waals surface area contributed by atoms with Gasteiger partial charge in [0.1, 0.15) is 6.04 Å². The van der Waals surface area contributed by atoms with Crippen molar-refractivity contribution in [2.45, 2.75) is 37.8 Å². The molecule has 1 aliphatic heterocycles. The fourth-order valence-electron chi connectivity index (χ4n) is 3.89. The van der Waals surface area contributed by atoms with Gasteiger partial charge in [0.05, 0.1) is 13.0 Å². The summed E-state index contributed by atoms with van der Waals surface area (Å²) < 4.78 is 0. The van der Waals surface area contributed by atoms with E-state index in [0.717, 1.165) is 23.1 Å². The first-order chi connectivity index (χ1) is 14.4. The SMILES string of the molecule is O=C(O)C[C@@H](Cc1ccc(-c2ccccc2)cc1)NC(=O)CN1CCC[C@H]1C(=O)O. The van der Waals surface area contributed by atoms with Crippen LogP contribution in [0.1, 0.15) is 24.8 Å². The van der Waals surface area contributed by atoms with Crippen LogP contribution in [0.2, 0.25) is 0 Å². The van der Waals surface area contributed by atoms with Gasteiger partial charge in [-0.2, -0.15) is 0 Å². The topological polar surface area (TPSA) is 107 Å². The normalized spacial score (nSPS) is 17.4. The summed E-state index contributed by atoms with van der Waals surface area (Å²) in [6, 6.07) is 16.5. The number of carbonyl (C=O) groups excluding carboxylic acids is 1. The van der Waals surface area contributed by atoms with Crippen molar-refractivity contribution in [2.75, 3.05) is 13.1 Å². The van der Waals surface area contributed by atoms with Crippen molar-refractivity contribution in [1.82, 2.24) is 10.2 Å². The average Bonchev–Trinajstić information content (AvgIpc) is 3.17. The van der Waals surface area contributed by atoms with Gasteiger partial charge >= 0.3 is 11.9 Å². The van der Waals surface area contributed by atoms with Gasteiger partial charge in [-0.1, -0.05) is 54.6 Å². The molecule has 0 unspecified atom stereocenters. The Hall–Kier alpha value is -3.19. The summed E-state index contributed by atoms with van der Waals surface area (Å²) in [4.78, 5) is 36.6. The maximum absolute atomic E-state index is 12.4. The largest absolute Gasteiger partial charge is 0.481 e. The monoisotopic (exact) mass is 410 g/mol. The first-order valence-electron chi connectivity index (χ1n) is 10.0. The fourth-order valence-corrected chi connectivity index (χ4v) is 3.89. The Morgan fingerprint density at radius 3 is 2.30 bits per heavy atom. The number of nitrogens with one attached hydrogen (secondary N) is 1. The van der Waals surface area contributed by atoms with Crippen LogP contribution in [0.3, 0.4) is 0 Å². The lowest BCUT2D eigenvalue weighted by molar-refractivity contribution is -0.142. The maximum atomic E-state index is 12.4. The van der Waals surface area contributed by atoms with E-state index in [2.05, 4.69) is 5.32 Å². The number of hydrogen-bond acceptors (Lipinski definition) is 4. The third kappa shape index (κ3) is 5.90. The molecule has 0 spiro atoms. The molecule has 1 heterocycles. The number of benzene rings is 2. The second-order valence-electron chi connectivity index (χ2n) is 7.60. The Kier molecular flexibility index (Phi) is 7.19. The number of nitrogens with zero attached hydrogens (tertiary/aromatic N) is 1. The van der Waals surface area contributed by atoms with Crippen molar-refractivity contribution in [2.24, 2.45) is 0 Å². The maximum Gasteiger partial charge on any atom is 0.320 e. The summed E-state index contributed by atoms with van der Waals surface area (Å²) in [5.41, 5.74) is 3.08. The van der Waals surface area contributed by atoms with Crippen molar-refractivity contribution in [3.05, 3.63) is 60.2 Å². The van der Waals surface area contributed by atoms with E-state index in [1.807, 2.05) is 54.6 Å². The van der Waals surface area contributed by atoms with Crippen molar-refractivity contribution < 1.29 is 24.6 Å². The smallest absolute Gasteiger partial charge is 0.320 e. The second-order valence-corrected chi connectivity index (χ2v) is 7.60. The molecule has 1 aliphatic rings. The first-order valence-corrected chi connectivity index (χ1v) is 10.0. The van der Waals surface area contributed by atoms with E-state index in [1.165, 1.54) is 0 Å². The number of hydrogen-bond donors (Lipinski definition) is 3. The van der Waals surface area contributed by atoms with Crippen LogP contribution in [-0.4, -0.2) is 58.1 Å². The summed E-state index contributed by atoms with van der Waals surface area (Å²) in [5, 5.41) is 21.2. The molecular formula is C23H26N2O5. The Balaban J connectivity index is 1.62. The molecule has 1 amide bonds. The number of aliphatic carboxylic acids is 2. The minimum Gasteiger partial charge on any atom is -0.481 e. The molecule has 0 aliphatic carbocycles. The fraction of sp³-hybridized carbons (Fsp3) is 0.348. The van der Waals surface area contributed by atoms with Crippen LogP contribution in [0.25, 0.3) is 11.1 Å². The average molecular weight is 410 g/mol. The molecule has 0 radical (unpaired) electrons. The lowest BCUT2D eigenvalue weighted by atomic mass is 9.99. The third-order valence-corrected chi connectivity index (χ3v) is 5.32. The Morgan fingerprint density at radius 2 is 1.67 bits per heavy atom. The van der Waals surface area contributed by atoms with Crippen LogP contribution in [0, 0.1) is 0 Å². The van der Waals surface area contributed by atoms with Gasteiger partial charge in [-0.05, 0) is 42.5 Å². The molecular weight excluding hydrogens is 384 g/mol. The van der Waals surface area contributed by atoms with Gasteiger partial charge in [-0.15, -0.1) is 0 Å². The van der Waals surface area contributed by atoms with Crippen molar-refractivity contribution in [3.63, 3.8) is 0 Å². The highest BCUT2D eigenvalue weighted by Crippen LogP contribution is 2.20. The summed E-state index contributed by atoms with van der Waals surface area (Å²) in [5.74, 6) is -2.28. The van der Waals surface area contributed by atoms with Crippen LogP contribution in [-0.2, 0) is 20.8 Å². The number of carboxylic acid groups (broad SMARTS) is 2. The quantitative estimate of drug-likeness (QED) is 0.586. The number of amides is 1. The lowest BCUT2D eigenvalue weighted by Gasteiger charge is -2.23. The minimum absolute atomic E-state index is 0.0416. The summed E-state index contributed by atoms with van der Waals surface area (Å²) in [6.07, 6.45) is 1.44. The van der Waals surface area contributed by atoms with Gasteiger partial charge in [0.25, 0.3) is 0 Å². The zero-order chi connectivity index (χ0) is 21.5. The predicted molar refractivity (Wildman–Crippen MR) is 112 cm³/mol. The Bertz CT molecular complexity index is 882. The molecule has 30 heavy (non-hydrogen) atoms. The van der Waals surface area contributed by atoms with E-state index in [-0.39, 0.29) is 18.9 Å². The summed E-state index contributed by atoms with van der Waals surface area (Å²) >= 11 is 0. The molecule has 0 saturated carbocycles. The molecule has 2 aromatic rings. The van der Waals surface area contributed by atoms with Crippen LogP contribution < -0.4 is 5.32 Å². The van der Waals surface area contributed by atoms with Crippen LogP contribution in [0.4, 0.5) is 0 Å². The second kappa shape index (κ2) is 10.0. The van der Waals surface area contributed by atoms with Gasteiger partial charge in [-0.25, -0.2) is 0 Å². The predicted octanol–water partition coefficient (Wildman–Crippen LogP) is 2.40. The Labute approximate surface area is 175 Å². The highest BCUT2D eigenvalue weighted by molar-refractivity contribution is 5.81. The van der Waals surface area contributed by atoms with E-state index in [4.69, 9.17) is 0 Å². The van der Waals surface area contributed by atoms with E-state index >= 15 is 0 Å². The van der Waals surface area contributed by atoms with Crippen molar-refractivity contribution in [3.8, 4) is 11.1 Å². The third-order valence-electron chi connectivity index (χ3n) is 5.32. The molecule has 0 bridgehead atoms. The molecule has 7 heteroatoms. The first kappa shape index (κ1) is 21.5. The van der Waals surface area contributed by atoms with Gasteiger partial charge in [0, 0.05) is 6.04 Å². The highest BCUT2D eigenvalue weighted by atomic mass is 16.4. The Morgan fingerprint density at radius 1 is 1.00 bits per heavy atom. The highest BCUT2D eigenvalue weighted by Gasteiger charge is 2.32. The van der Waals surface area contributed by atoms with Crippen LogP contribution in [0.15, 0.2) is 54.6 Å². The molecule has 2 aromatic carbocycles. The zero-order valence-electron chi connectivity index (χ0n) is 16.7. The van der Waals surface area contributed by atoms with E-state index in [1.54, 1.807) is 4.90 Å². The number of likely N-dealkylation sites (tertiary alicyclic amines) is 1. The van der Waals surface area contributed by atoms with E-state index in [9.17, 15) is 24.6 Å². The molecule has 158 valence electrons. The minimum atomic E-state index is -0.995. The number of rotatable bonds is 9.